The summed E-state index contributed by atoms with van der Waals surface area (Å²) in [6.45, 7) is 2.33. The molecule has 2 aromatic rings. The Bertz CT molecular complexity index is 757. The predicted molar refractivity (Wildman–Crippen MR) is 79.6 cm³/mol. The van der Waals surface area contributed by atoms with Crippen molar-refractivity contribution in [2.45, 2.75) is 13.5 Å². The molecular formula is C16H16N2O3. The smallest absolute Gasteiger partial charge is 0.268 e. The first-order valence-electron chi connectivity index (χ1n) is 6.52. The van der Waals surface area contributed by atoms with Gasteiger partial charge in [-0.05, 0) is 31.2 Å². The Balaban J connectivity index is 2.70. The number of ether oxygens (including phenoxy) is 2. The Morgan fingerprint density at radius 2 is 1.95 bits per heavy atom. The summed E-state index contributed by atoms with van der Waals surface area (Å²) in [5.74, 6) is 1.29. The van der Waals surface area contributed by atoms with E-state index >= 15 is 0 Å². The molecular weight excluding hydrogens is 268 g/mol. The van der Waals surface area contributed by atoms with E-state index in [0.29, 0.717) is 23.7 Å². The van der Waals surface area contributed by atoms with Gasteiger partial charge in [0, 0.05) is 18.2 Å². The summed E-state index contributed by atoms with van der Waals surface area (Å²) in [5, 5.41) is 8.96. The van der Waals surface area contributed by atoms with Crippen LogP contribution in [-0.4, -0.2) is 18.8 Å². The highest BCUT2D eigenvalue weighted by Crippen LogP contribution is 2.32. The van der Waals surface area contributed by atoms with E-state index in [1.165, 1.54) is 6.07 Å². The number of nitrogens with zero attached hydrogens (tertiary/aromatic N) is 2. The van der Waals surface area contributed by atoms with Crippen molar-refractivity contribution in [1.29, 1.82) is 5.26 Å². The molecule has 0 N–H and O–H groups in total. The maximum Gasteiger partial charge on any atom is 0.268 e. The SMILES string of the molecule is CCn1c(-c2ccc(OC)cc2OC)ccc(C#N)c1=O. The molecule has 5 nitrogen and oxygen atoms in total. The molecule has 2 rings (SSSR count). The maximum atomic E-state index is 12.2. The van der Waals surface area contributed by atoms with E-state index in [9.17, 15) is 4.79 Å². The number of benzene rings is 1. The van der Waals surface area contributed by atoms with E-state index in [-0.39, 0.29) is 11.1 Å². The first-order chi connectivity index (χ1) is 10.2. The highest BCUT2D eigenvalue weighted by Gasteiger charge is 2.13. The van der Waals surface area contributed by atoms with Crippen molar-refractivity contribution in [3.05, 3.63) is 46.2 Å². The minimum atomic E-state index is -0.296. The zero-order valence-electron chi connectivity index (χ0n) is 12.2. The van der Waals surface area contributed by atoms with E-state index in [2.05, 4.69) is 0 Å². The average molecular weight is 284 g/mol. The third-order valence-corrected chi connectivity index (χ3v) is 3.30. The summed E-state index contributed by atoms with van der Waals surface area (Å²) in [4.78, 5) is 12.2. The Hall–Kier alpha value is -2.74. The monoisotopic (exact) mass is 284 g/mol. The van der Waals surface area contributed by atoms with Crippen molar-refractivity contribution in [3.63, 3.8) is 0 Å². The Labute approximate surface area is 123 Å². The topological polar surface area (TPSA) is 64.2 Å². The van der Waals surface area contributed by atoms with Gasteiger partial charge in [-0.2, -0.15) is 5.26 Å². The molecule has 0 radical (unpaired) electrons. The van der Waals surface area contributed by atoms with Gasteiger partial charge in [-0.15, -0.1) is 0 Å². The number of nitriles is 1. The average Bonchev–Trinajstić information content (AvgIpc) is 2.53. The van der Waals surface area contributed by atoms with Crippen LogP contribution in [0.1, 0.15) is 12.5 Å². The largest absolute Gasteiger partial charge is 0.497 e. The van der Waals surface area contributed by atoms with Crippen LogP contribution in [0.25, 0.3) is 11.3 Å². The van der Waals surface area contributed by atoms with Gasteiger partial charge in [0.1, 0.15) is 23.1 Å². The summed E-state index contributed by atoms with van der Waals surface area (Å²) in [7, 11) is 3.15. The van der Waals surface area contributed by atoms with Crippen LogP contribution < -0.4 is 15.0 Å². The molecule has 0 aliphatic heterocycles. The quantitative estimate of drug-likeness (QED) is 0.865. The summed E-state index contributed by atoms with van der Waals surface area (Å²) >= 11 is 0. The van der Waals surface area contributed by atoms with Crippen molar-refractivity contribution in [3.8, 4) is 28.8 Å². The first-order valence-corrected chi connectivity index (χ1v) is 6.52. The second kappa shape index (κ2) is 6.14. The number of hydrogen-bond donors (Lipinski definition) is 0. The molecule has 1 heterocycles. The van der Waals surface area contributed by atoms with Crippen molar-refractivity contribution < 1.29 is 9.47 Å². The molecule has 0 fully saturated rings. The minimum absolute atomic E-state index is 0.132. The standard InChI is InChI=1S/C16H16N2O3/c1-4-18-14(8-5-11(10-17)16(18)19)13-7-6-12(20-2)9-15(13)21-3/h5-9H,4H2,1-3H3. The van der Waals surface area contributed by atoms with E-state index in [1.54, 1.807) is 37.0 Å². The molecule has 0 spiro atoms. The van der Waals surface area contributed by atoms with Crippen molar-refractivity contribution in [2.75, 3.05) is 14.2 Å². The van der Waals surface area contributed by atoms with Gasteiger partial charge in [0.15, 0.2) is 0 Å². The summed E-state index contributed by atoms with van der Waals surface area (Å²) in [6, 6.07) is 10.6. The fraction of sp³-hybridized carbons (Fsp3) is 0.250. The van der Waals surface area contributed by atoms with Crippen LogP contribution >= 0.6 is 0 Å². The molecule has 1 aromatic carbocycles. The van der Waals surface area contributed by atoms with Gasteiger partial charge < -0.3 is 14.0 Å². The second-order valence-corrected chi connectivity index (χ2v) is 4.36. The van der Waals surface area contributed by atoms with Crippen molar-refractivity contribution in [1.82, 2.24) is 4.57 Å². The molecule has 1 aromatic heterocycles. The van der Waals surface area contributed by atoms with Crippen LogP contribution in [0.4, 0.5) is 0 Å². The Morgan fingerprint density at radius 3 is 2.52 bits per heavy atom. The molecule has 0 bridgehead atoms. The molecule has 0 saturated carbocycles. The zero-order valence-corrected chi connectivity index (χ0v) is 12.2. The lowest BCUT2D eigenvalue weighted by Gasteiger charge is -2.15. The number of rotatable bonds is 4. The normalized spacial score (nSPS) is 10.0. The number of aromatic nitrogens is 1. The summed E-state index contributed by atoms with van der Waals surface area (Å²) in [5.41, 5.74) is 1.33. The van der Waals surface area contributed by atoms with E-state index in [4.69, 9.17) is 14.7 Å². The number of pyridine rings is 1. The predicted octanol–water partition coefficient (Wildman–Crippen LogP) is 2.42. The van der Waals surface area contributed by atoms with E-state index in [0.717, 1.165) is 5.56 Å². The molecule has 21 heavy (non-hydrogen) atoms. The van der Waals surface area contributed by atoms with Crippen LogP contribution in [0.5, 0.6) is 11.5 Å². The molecule has 0 amide bonds. The highest BCUT2D eigenvalue weighted by molar-refractivity contribution is 5.69. The Kier molecular flexibility index (Phi) is 4.29. The van der Waals surface area contributed by atoms with Gasteiger partial charge in [0.25, 0.3) is 5.56 Å². The van der Waals surface area contributed by atoms with Gasteiger partial charge in [-0.1, -0.05) is 0 Å². The first kappa shape index (κ1) is 14.7. The lowest BCUT2D eigenvalue weighted by Crippen LogP contribution is -2.23. The fourth-order valence-electron chi connectivity index (χ4n) is 2.22. The lowest BCUT2D eigenvalue weighted by atomic mass is 10.1. The van der Waals surface area contributed by atoms with Crippen LogP contribution in [0.2, 0.25) is 0 Å². The van der Waals surface area contributed by atoms with Gasteiger partial charge in [-0.25, -0.2) is 0 Å². The fourth-order valence-corrected chi connectivity index (χ4v) is 2.22. The molecule has 108 valence electrons. The van der Waals surface area contributed by atoms with Crippen LogP contribution in [-0.2, 0) is 6.54 Å². The van der Waals surface area contributed by atoms with Crippen molar-refractivity contribution in [2.24, 2.45) is 0 Å². The second-order valence-electron chi connectivity index (χ2n) is 4.36. The maximum absolute atomic E-state index is 12.2. The van der Waals surface area contributed by atoms with Gasteiger partial charge >= 0.3 is 0 Å². The van der Waals surface area contributed by atoms with Gasteiger partial charge in [0.05, 0.1) is 19.9 Å². The molecule has 0 atom stereocenters. The molecule has 5 heteroatoms. The molecule has 0 aliphatic rings. The number of hydrogen-bond acceptors (Lipinski definition) is 4. The van der Waals surface area contributed by atoms with E-state index in [1.807, 2.05) is 19.1 Å². The Morgan fingerprint density at radius 1 is 1.19 bits per heavy atom. The van der Waals surface area contributed by atoms with Gasteiger partial charge in [-0.3, -0.25) is 4.79 Å². The summed E-state index contributed by atoms with van der Waals surface area (Å²) in [6.07, 6.45) is 0. The minimum Gasteiger partial charge on any atom is -0.497 e. The lowest BCUT2D eigenvalue weighted by molar-refractivity contribution is 0.395. The molecule has 0 saturated heterocycles. The van der Waals surface area contributed by atoms with Crippen molar-refractivity contribution >= 4 is 0 Å². The number of methoxy groups -OCH3 is 2. The summed E-state index contributed by atoms with van der Waals surface area (Å²) < 4.78 is 12.1. The third kappa shape index (κ3) is 2.61. The third-order valence-electron chi connectivity index (χ3n) is 3.30. The molecule has 0 aliphatic carbocycles. The van der Waals surface area contributed by atoms with E-state index < -0.39 is 0 Å². The van der Waals surface area contributed by atoms with Crippen LogP contribution in [0.3, 0.4) is 0 Å². The van der Waals surface area contributed by atoms with Crippen LogP contribution in [0.15, 0.2) is 35.1 Å². The molecule has 0 unspecified atom stereocenters. The zero-order chi connectivity index (χ0) is 15.4. The highest BCUT2D eigenvalue weighted by atomic mass is 16.5. The van der Waals surface area contributed by atoms with Gasteiger partial charge in [0.2, 0.25) is 0 Å². The van der Waals surface area contributed by atoms with Crippen LogP contribution in [0, 0.1) is 11.3 Å².